The molecule has 0 bridgehead atoms. The smallest absolute Gasteiger partial charge is 0.339 e. The number of carbonyl (C=O) groups is 1. The highest BCUT2D eigenvalue weighted by atomic mass is 79.9. The number of non-ortho nitro benzene ring substituents is 1. The summed E-state index contributed by atoms with van der Waals surface area (Å²) < 4.78 is 12.4. The Morgan fingerprint density at radius 3 is 2.71 bits per heavy atom. The van der Waals surface area contributed by atoms with Crippen LogP contribution in [0, 0.1) is 17.0 Å². The maximum absolute atomic E-state index is 12.1. The monoisotopic (exact) mass is 560 g/mol. The molecule has 182 valence electrons. The average molecular weight is 562 g/mol. The number of nitrogens with one attached hydrogen (secondary N) is 2. The van der Waals surface area contributed by atoms with Crippen molar-refractivity contribution in [3.63, 3.8) is 0 Å². The Kier molecular flexibility index (Phi) is 9.04. The Morgan fingerprint density at radius 1 is 1.20 bits per heavy atom. The molecule has 0 spiro atoms. The summed E-state index contributed by atoms with van der Waals surface area (Å²) in [6.45, 7) is 4.15. The SMILES string of the molecule is CCOc1cc(/C=N/NC(=O)Nc2ccc(Br)c(C)c2)cc(Cl)c1OCc1cccc([N+](=O)[O-])c1. The molecule has 0 heterocycles. The van der Waals surface area contributed by atoms with Crippen molar-refractivity contribution in [3.05, 3.63) is 90.9 Å². The molecule has 0 saturated carbocycles. The van der Waals surface area contributed by atoms with Crippen LogP contribution in [0.2, 0.25) is 5.02 Å². The van der Waals surface area contributed by atoms with Crippen molar-refractivity contribution in [2.75, 3.05) is 11.9 Å². The molecule has 0 radical (unpaired) electrons. The number of nitro benzene ring substituents is 1. The van der Waals surface area contributed by atoms with Crippen LogP contribution in [-0.2, 0) is 6.61 Å². The number of rotatable bonds is 9. The van der Waals surface area contributed by atoms with Crippen LogP contribution >= 0.6 is 27.5 Å². The summed E-state index contributed by atoms with van der Waals surface area (Å²) in [7, 11) is 0. The van der Waals surface area contributed by atoms with Gasteiger partial charge in [-0.2, -0.15) is 5.10 Å². The Bertz CT molecular complexity index is 1270. The molecule has 0 unspecified atom stereocenters. The van der Waals surface area contributed by atoms with Crippen LogP contribution < -0.4 is 20.2 Å². The maximum Gasteiger partial charge on any atom is 0.339 e. The van der Waals surface area contributed by atoms with Gasteiger partial charge in [0.1, 0.15) is 6.61 Å². The average Bonchev–Trinajstić information content (AvgIpc) is 2.81. The van der Waals surface area contributed by atoms with Crippen LogP contribution in [0.25, 0.3) is 0 Å². The first-order valence-corrected chi connectivity index (χ1v) is 11.6. The first-order valence-electron chi connectivity index (χ1n) is 10.5. The molecule has 0 saturated heterocycles. The maximum atomic E-state index is 12.1. The van der Waals surface area contributed by atoms with Gasteiger partial charge < -0.3 is 14.8 Å². The molecule has 2 N–H and O–H groups in total. The zero-order chi connectivity index (χ0) is 25.4. The molecular formula is C24H22BrClN4O5. The molecule has 3 aromatic carbocycles. The van der Waals surface area contributed by atoms with E-state index in [0.717, 1.165) is 10.0 Å². The topological polar surface area (TPSA) is 115 Å². The summed E-state index contributed by atoms with van der Waals surface area (Å²) in [6, 6.07) is 14.3. The molecule has 3 rings (SSSR count). The number of urea groups is 1. The minimum atomic E-state index is -0.504. The number of ether oxygens (including phenoxy) is 2. The van der Waals surface area contributed by atoms with E-state index in [2.05, 4.69) is 31.8 Å². The van der Waals surface area contributed by atoms with E-state index in [1.807, 2.05) is 26.0 Å². The van der Waals surface area contributed by atoms with E-state index in [4.69, 9.17) is 21.1 Å². The third-order valence-corrected chi connectivity index (χ3v) is 5.80. The fourth-order valence-corrected chi connectivity index (χ4v) is 3.55. The van der Waals surface area contributed by atoms with E-state index in [9.17, 15) is 14.9 Å². The Labute approximate surface area is 215 Å². The number of halogens is 2. The van der Waals surface area contributed by atoms with Gasteiger partial charge in [-0.1, -0.05) is 39.7 Å². The molecular weight excluding hydrogens is 540 g/mol. The fourth-order valence-electron chi connectivity index (χ4n) is 3.03. The lowest BCUT2D eigenvalue weighted by molar-refractivity contribution is -0.384. The number of carbonyl (C=O) groups excluding carboxylic acids is 1. The Balaban J connectivity index is 1.67. The van der Waals surface area contributed by atoms with Crippen molar-refractivity contribution in [2.45, 2.75) is 20.5 Å². The van der Waals surface area contributed by atoms with Gasteiger partial charge in [-0.3, -0.25) is 10.1 Å². The predicted molar refractivity (Wildman–Crippen MR) is 139 cm³/mol. The van der Waals surface area contributed by atoms with Gasteiger partial charge in [-0.25, -0.2) is 10.2 Å². The van der Waals surface area contributed by atoms with Crippen molar-refractivity contribution in [2.24, 2.45) is 5.10 Å². The normalized spacial score (nSPS) is 10.7. The molecule has 11 heteroatoms. The summed E-state index contributed by atoms with van der Waals surface area (Å²) >= 11 is 9.83. The number of anilines is 1. The highest BCUT2D eigenvalue weighted by Crippen LogP contribution is 2.37. The van der Waals surface area contributed by atoms with E-state index >= 15 is 0 Å². The van der Waals surface area contributed by atoms with Crippen LogP contribution in [0.15, 0.2) is 64.2 Å². The molecule has 2 amide bonds. The minimum Gasteiger partial charge on any atom is -0.490 e. The standard InChI is InChI=1S/C24H22BrClN4O5/c1-3-34-22-12-17(13-27-29-24(31)28-18-7-8-20(25)15(2)9-18)11-21(26)23(22)35-14-16-5-4-6-19(10-16)30(32)33/h4-13H,3,14H2,1-2H3,(H2,28,29,31)/b27-13+. The molecule has 0 aliphatic heterocycles. The van der Waals surface area contributed by atoms with Crippen LogP contribution in [-0.4, -0.2) is 23.8 Å². The van der Waals surface area contributed by atoms with Gasteiger partial charge in [-0.15, -0.1) is 0 Å². The number of nitro groups is 1. The summed E-state index contributed by atoms with van der Waals surface area (Å²) in [5.74, 6) is 0.676. The number of aryl methyl sites for hydroxylation is 1. The van der Waals surface area contributed by atoms with Gasteiger partial charge in [0.2, 0.25) is 0 Å². The first-order chi connectivity index (χ1) is 16.8. The van der Waals surface area contributed by atoms with Gasteiger partial charge >= 0.3 is 6.03 Å². The lowest BCUT2D eigenvalue weighted by atomic mass is 10.2. The number of nitrogens with zero attached hydrogens (tertiary/aromatic N) is 2. The molecule has 0 aliphatic carbocycles. The molecule has 3 aromatic rings. The van der Waals surface area contributed by atoms with Gasteiger partial charge in [0.05, 0.1) is 22.8 Å². The van der Waals surface area contributed by atoms with Crippen molar-refractivity contribution in [1.82, 2.24) is 5.43 Å². The lowest BCUT2D eigenvalue weighted by Gasteiger charge is -2.14. The third kappa shape index (κ3) is 7.43. The summed E-state index contributed by atoms with van der Waals surface area (Å²) in [5, 5.41) is 17.9. The van der Waals surface area contributed by atoms with E-state index in [1.165, 1.54) is 18.3 Å². The molecule has 0 aromatic heterocycles. The van der Waals surface area contributed by atoms with Crippen molar-refractivity contribution in [3.8, 4) is 11.5 Å². The summed E-state index contributed by atoms with van der Waals surface area (Å²) in [4.78, 5) is 22.6. The quantitative estimate of drug-likeness (QED) is 0.177. The van der Waals surface area contributed by atoms with Crippen LogP contribution in [0.3, 0.4) is 0 Å². The zero-order valence-corrected chi connectivity index (χ0v) is 21.2. The molecule has 0 fully saturated rings. The van der Waals surface area contributed by atoms with Gasteiger partial charge in [-0.05, 0) is 60.9 Å². The molecule has 0 atom stereocenters. The van der Waals surface area contributed by atoms with Crippen molar-refractivity contribution in [1.29, 1.82) is 0 Å². The van der Waals surface area contributed by atoms with Gasteiger partial charge in [0, 0.05) is 22.3 Å². The zero-order valence-electron chi connectivity index (χ0n) is 18.9. The lowest BCUT2D eigenvalue weighted by Crippen LogP contribution is -2.24. The molecule has 0 aliphatic rings. The summed E-state index contributed by atoms with van der Waals surface area (Å²) in [6.07, 6.45) is 1.42. The summed E-state index contributed by atoms with van der Waals surface area (Å²) in [5.41, 5.74) is 5.16. The fraction of sp³-hybridized carbons (Fsp3) is 0.167. The second-order valence-electron chi connectivity index (χ2n) is 7.27. The second kappa shape index (κ2) is 12.2. The van der Waals surface area contributed by atoms with E-state index in [0.29, 0.717) is 34.9 Å². The van der Waals surface area contributed by atoms with Gasteiger partial charge in [0.15, 0.2) is 11.5 Å². The number of hydrogen-bond donors (Lipinski definition) is 2. The number of amides is 2. The highest BCUT2D eigenvalue weighted by molar-refractivity contribution is 9.10. The van der Waals surface area contributed by atoms with Crippen LogP contribution in [0.4, 0.5) is 16.2 Å². The second-order valence-corrected chi connectivity index (χ2v) is 8.53. The third-order valence-electron chi connectivity index (χ3n) is 4.63. The predicted octanol–water partition coefficient (Wildman–Crippen LogP) is 6.45. The van der Waals surface area contributed by atoms with Crippen molar-refractivity contribution >= 4 is 51.2 Å². The Hall–Kier alpha value is -3.63. The number of benzene rings is 3. The Morgan fingerprint density at radius 2 is 2.00 bits per heavy atom. The molecule has 9 nitrogen and oxygen atoms in total. The highest BCUT2D eigenvalue weighted by Gasteiger charge is 2.14. The number of hydrazone groups is 1. The van der Waals surface area contributed by atoms with Crippen molar-refractivity contribution < 1.29 is 19.2 Å². The number of hydrogen-bond acceptors (Lipinski definition) is 6. The first kappa shape index (κ1) is 26.0. The van der Waals surface area contributed by atoms with E-state index < -0.39 is 11.0 Å². The van der Waals surface area contributed by atoms with E-state index in [1.54, 1.807) is 30.3 Å². The van der Waals surface area contributed by atoms with Crippen LogP contribution in [0.5, 0.6) is 11.5 Å². The minimum absolute atomic E-state index is 0.0272. The van der Waals surface area contributed by atoms with E-state index in [-0.39, 0.29) is 17.3 Å². The molecule has 35 heavy (non-hydrogen) atoms. The largest absolute Gasteiger partial charge is 0.490 e. The van der Waals surface area contributed by atoms with Crippen LogP contribution in [0.1, 0.15) is 23.6 Å². The van der Waals surface area contributed by atoms with Gasteiger partial charge in [0.25, 0.3) is 5.69 Å².